The summed E-state index contributed by atoms with van der Waals surface area (Å²) in [6, 6.07) is 13.2. The van der Waals surface area contributed by atoms with Crippen molar-refractivity contribution in [2.24, 2.45) is 5.41 Å². The van der Waals surface area contributed by atoms with E-state index in [9.17, 15) is 19.1 Å². The third-order valence-corrected chi connectivity index (χ3v) is 6.71. The first kappa shape index (κ1) is 27.1. The SMILES string of the molecule is COc1ccc(Cc2nc3c(c4c2[nH]c2ccccc24)[C@@H](O)CC(C)(C)C3)cc1F.O=C(O)CCC(=O)O. The summed E-state index contributed by atoms with van der Waals surface area (Å²) in [7, 11) is 1.46. The van der Waals surface area contributed by atoms with Crippen molar-refractivity contribution in [3.63, 3.8) is 0 Å². The number of H-pyrrole nitrogens is 1. The molecule has 0 saturated heterocycles. The second-order valence-corrected chi connectivity index (χ2v) is 10.3. The summed E-state index contributed by atoms with van der Waals surface area (Å²) in [4.78, 5) is 27.8. The van der Waals surface area contributed by atoms with Crippen LogP contribution in [0.2, 0.25) is 0 Å². The Kier molecular flexibility index (Phi) is 7.68. The van der Waals surface area contributed by atoms with E-state index in [4.69, 9.17) is 19.9 Å². The Morgan fingerprint density at radius 2 is 1.82 bits per heavy atom. The summed E-state index contributed by atoms with van der Waals surface area (Å²) >= 11 is 0. The van der Waals surface area contributed by atoms with E-state index in [2.05, 4.69) is 24.9 Å². The molecule has 9 heteroatoms. The van der Waals surface area contributed by atoms with Crippen molar-refractivity contribution < 1.29 is 34.0 Å². The predicted molar refractivity (Wildman–Crippen MR) is 141 cm³/mol. The number of halogens is 1. The highest BCUT2D eigenvalue weighted by Crippen LogP contribution is 2.45. The van der Waals surface area contributed by atoms with E-state index >= 15 is 0 Å². The Labute approximate surface area is 219 Å². The maximum atomic E-state index is 14.3. The Morgan fingerprint density at radius 3 is 2.45 bits per heavy atom. The lowest BCUT2D eigenvalue weighted by molar-refractivity contribution is -0.143. The van der Waals surface area contributed by atoms with Crippen LogP contribution in [-0.4, -0.2) is 44.3 Å². The number of nitrogens with zero attached hydrogens (tertiary/aromatic N) is 1. The summed E-state index contributed by atoms with van der Waals surface area (Å²) in [6.07, 6.45) is 0.863. The number of aliphatic carboxylic acids is 2. The lowest BCUT2D eigenvalue weighted by Crippen LogP contribution is -2.27. The van der Waals surface area contributed by atoms with Crippen molar-refractivity contribution in [2.45, 2.75) is 52.1 Å². The molecule has 1 atom stereocenters. The van der Waals surface area contributed by atoms with Gasteiger partial charge in [-0.05, 0) is 42.0 Å². The third-order valence-electron chi connectivity index (χ3n) is 6.71. The molecule has 2 aromatic heterocycles. The van der Waals surface area contributed by atoms with E-state index in [1.807, 2.05) is 24.3 Å². The van der Waals surface area contributed by atoms with Crippen LogP contribution >= 0.6 is 0 Å². The van der Waals surface area contributed by atoms with Gasteiger partial charge in [0, 0.05) is 34.0 Å². The number of nitrogens with one attached hydrogen (secondary N) is 1. The lowest BCUT2D eigenvalue weighted by atomic mass is 9.74. The second kappa shape index (κ2) is 10.8. The van der Waals surface area contributed by atoms with Gasteiger partial charge in [-0.1, -0.05) is 38.1 Å². The van der Waals surface area contributed by atoms with Gasteiger partial charge in [-0.2, -0.15) is 0 Å². The molecule has 0 fully saturated rings. The number of rotatable bonds is 6. The highest BCUT2D eigenvalue weighted by atomic mass is 19.1. The zero-order chi connectivity index (χ0) is 27.6. The molecule has 0 amide bonds. The summed E-state index contributed by atoms with van der Waals surface area (Å²) in [6.45, 7) is 4.33. The van der Waals surface area contributed by atoms with Crippen LogP contribution in [0.5, 0.6) is 5.75 Å². The van der Waals surface area contributed by atoms with E-state index in [1.165, 1.54) is 13.2 Å². The smallest absolute Gasteiger partial charge is 0.303 e. The molecule has 2 aromatic carbocycles. The zero-order valence-corrected chi connectivity index (χ0v) is 21.5. The number of aromatic nitrogens is 2. The van der Waals surface area contributed by atoms with Gasteiger partial charge in [-0.25, -0.2) is 4.39 Å². The molecule has 1 aliphatic rings. The highest BCUT2D eigenvalue weighted by Gasteiger charge is 2.35. The normalized spacial score (nSPS) is 16.0. The largest absolute Gasteiger partial charge is 0.494 e. The molecule has 4 aromatic rings. The van der Waals surface area contributed by atoms with Gasteiger partial charge in [0.05, 0.1) is 37.3 Å². The monoisotopic (exact) mass is 522 g/mol. The van der Waals surface area contributed by atoms with Crippen LogP contribution in [0.3, 0.4) is 0 Å². The molecule has 0 saturated carbocycles. The molecule has 38 heavy (non-hydrogen) atoms. The quantitative estimate of drug-likeness (QED) is 0.267. The number of hydrogen-bond donors (Lipinski definition) is 4. The van der Waals surface area contributed by atoms with Crippen LogP contribution in [0.1, 0.15) is 61.7 Å². The van der Waals surface area contributed by atoms with Crippen molar-refractivity contribution in [1.82, 2.24) is 9.97 Å². The van der Waals surface area contributed by atoms with Crippen LogP contribution in [-0.2, 0) is 22.4 Å². The molecule has 0 spiro atoms. The molecule has 0 unspecified atom stereocenters. The number of benzene rings is 2. The average Bonchev–Trinajstić information content (AvgIpc) is 3.22. The molecule has 1 aliphatic carbocycles. The number of ether oxygens (including phenoxy) is 1. The minimum atomic E-state index is -1.08. The number of carboxylic acid groups (broad SMARTS) is 2. The van der Waals surface area contributed by atoms with E-state index in [0.717, 1.165) is 50.7 Å². The van der Waals surface area contributed by atoms with Crippen molar-refractivity contribution >= 4 is 33.7 Å². The molecule has 4 N–H and O–H groups in total. The van der Waals surface area contributed by atoms with Gasteiger partial charge < -0.3 is 25.0 Å². The number of fused-ring (bicyclic) bond motifs is 5. The fourth-order valence-corrected chi connectivity index (χ4v) is 5.06. The van der Waals surface area contributed by atoms with Gasteiger partial charge >= 0.3 is 11.9 Å². The molecule has 5 rings (SSSR count). The Bertz CT molecular complexity index is 1500. The molecule has 0 radical (unpaired) electrons. The van der Waals surface area contributed by atoms with E-state index in [0.29, 0.717) is 12.8 Å². The number of hydrogen-bond acceptors (Lipinski definition) is 5. The van der Waals surface area contributed by atoms with Crippen LogP contribution < -0.4 is 4.74 Å². The fraction of sp³-hybridized carbons (Fsp3) is 0.345. The van der Waals surface area contributed by atoms with E-state index < -0.39 is 18.0 Å². The Balaban J connectivity index is 0.000000368. The summed E-state index contributed by atoms with van der Waals surface area (Å²) < 4.78 is 19.3. The maximum absolute atomic E-state index is 14.3. The first-order chi connectivity index (χ1) is 18.0. The molecular weight excluding hydrogens is 491 g/mol. The molecule has 0 bridgehead atoms. The maximum Gasteiger partial charge on any atom is 0.303 e. The standard InChI is InChI=1S/C25H25FN2O2.C4H6O4/c1-25(2)12-19-23(20(29)13-25)22-15-6-4-5-7-17(15)28-24(22)18(27-19)11-14-8-9-21(30-3)16(26)10-14;5-3(6)1-2-4(7)8/h4-10,20,28-29H,11-13H2,1-3H3;1-2H2,(H,5,6)(H,7,8)/t20-;/m0./s1. The Morgan fingerprint density at radius 1 is 1.13 bits per heavy atom. The number of aromatic amines is 1. The summed E-state index contributed by atoms with van der Waals surface area (Å²) in [5, 5.41) is 29.0. The zero-order valence-electron chi connectivity index (χ0n) is 21.5. The predicted octanol–water partition coefficient (Wildman–Crippen LogP) is 5.40. The summed E-state index contributed by atoms with van der Waals surface area (Å²) in [5.41, 5.74) is 5.49. The van der Waals surface area contributed by atoms with Crippen molar-refractivity contribution in [2.75, 3.05) is 7.11 Å². The first-order valence-electron chi connectivity index (χ1n) is 12.3. The van der Waals surface area contributed by atoms with Crippen molar-refractivity contribution in [3.8, 4) is 5.75 Å². The lowest BCUT2D eigenvalue weighted by Gasteiger charge is -2.34. The minimum absolute atomic E-state index is 0.0251. The Hall–Kier alpha value is -3.98. The fourth-order valence-electron chi connectivity index (χ4n) is 5.06. The molecule has 2 heterocycles. The van der Waals surface area contributed by atoms with Gasteiger partial charge in [0.2, 0.25) is 0 Å². The number of pyridine rings is 1. The van der Waals surface area contributed by atoms with E-state index in [-0.39, 0.29) is 29.8 Å². The number of methoxy groups -OCH3 is 1. The van der Waals surface area contributed by atoms with Crippen molar-refractivity contribution in [3.05, 3.63) is 70.8 Å². The molecule has 8 nitrogen and oxygen atoms in total. The number of para-hydroxylation sites is 1. The van der Waals surface area contributed by atoms with Crippen molar-refractivity contribution in [1.29, 1.82) is 0 Å². The van der Waals surface area contributed by atoms with Crippen LogP contribution in [0, 0.1) is 11.2 Å². The average molecular weight is 523 g/mol. The van der Waals surface area contributed by atoms with Crippen LogP contribution in [0.15, 0.2) is 42.5 Å². The van der Waals surface area contributed by atoms with Gasteiger partial charge in [0.15, 0.2) is 11.6 Å². The van der Waals surface area contributed by atoms with E-state index in [1.54, 1.807) is 6.07 Å². The van der Waals surface area contributed by atoms with Gasteiger partial charge in [0.1, 0.15) is 0 Å². The molecule has 0 aliphatic heterocycles. The minimum Gasteiger partial charge on any atom is -0.494 e. The topological polar surface area (TPSA) is 133 Å². The number of aliphatic hydroxyl groups excluding tert-OH is 1. The van der Waals surface area contributed by atoms with Crippen LogP contribution in [0.4, 0.5) is 4.39 Å². The molecular formula is C29H31FN2O6. The first-order valence-corrected chi connectivity index (χ1v) is 12.3. The number of carboxylic acids is 2. The third kappa shape index (κ3) is 5.78. The highest BCUT2D eigenvalue weighted by molar-refractivity contribution is 6.10. The number of carbonyl (C=O) groups is 2. The summed E-state index contributed by atoms with van der Waals surface area (Å²) in [5.74, 6) is -2.30. The van der Waals surface area contributed by atoms with Gasteiger partial charge in [-0.15, -0.1) is 0 Å². The van der Waals surface area contributed by atoms with Crippen LogP contribution in [0.25, 0.3) is 21.8 Å². The number of aliphatic hydroxyl groups is 1. The second-order valence-electron chi connectivity index (χ2n) is 10.3. The van der Waals surface area contributed by atoms with Gasteiger partial charge in [-0.3, -0.25) is 14.6 Å². The van der Waals surface area contributed by atoms with Gasteiger partial charge in [0.25, 0.3) is 0 Å². The molecule has 200 valence electrons.